The van der Waals surface area contributed by atoms with E-state index in [1.54, 1.807) is 40.1 Å². The number of hydrogen-bond acceptors (Lipinski definition) is 4. The van der Waals surface area contributed by atoms with E-state index in [-0.39, 0.29) is 0 Å². The van der Waals surface area contributed by atoms with Crippen molar-refractivity contribution in [2.24, 2.45) is 5.73 Å². The first-order valence-electron chi connectivity index (χ1n) is 3.24. The van der Waals surface area contributed by atoms with Crippen LogP contribution in [0.2, 0.25) is 0 Å². The Morgan fingerprint density at radius 1 is 1.31 bits per heavy atom. The molecule has 0 aliphatic heterocycles. The van der Waals surface area contributed by atoms with Gasteiger partial charge >= 0.3 is 50.3 Å². The second kappa shape index (κ2) is 15.6. The van der Waals surface area contributed by atoms with Crippen molar-refractivity contribution >= 4 is 47.6 Å². The first-order valence-corrected chi connectivity index (χ1v) is 9.34. The van der Waals surface area contributed by atoms with Crippen LogP contribution in [0, 0.1) is 0 Å². The van der Waals surface area contributed by atoms with Crippen molar-refractivity contribution in [1.29, 1.82) is 0 Å². The number of nitrogens with two attached hydrogens (primary N) is 1. The van der Waals surface area contributed by atoms with Crippen LogP contribution in [-0.4, -0.2) is 15.8 Å². The summed E-state index contributed by atoms with van der Waals surface area (Å²) in [6.07, 6.45) is 3.81. The van der Waals surface area contributed by atoms with Gasteiger partial charge in [0.2, 0.25) is 0 Å². The van der Waals surface area contributed by atoms with Crippen LogP contribution in [0.1, 0.15) is 0 Å². The quantitative estimate of drug-likeness (QED) is 0.274. The van der Waals surface area contributed by atoms with E-state index in [0.717, 1.165) is 11.5 Å². The normalized spacial score (nSPS) is 8.00. The summed E-state index contributed by atoms with van der Waals surface area (Å²) in [5.41, 5.74) is 4.99. The number of hydrogen-bond donors (Lipinski definition) is 1. The maximum atomic E-state index is 4.99. The van der Waals surface area contributed by atoms with Crippen LogP contribution >= 0.6 is 43.3 Å². The van der Waals surface area contributed by atoms with Crippen molar-refractivity contribution < 1.29 is 18.5 Å². The van der Waals surface area contributed by atoms with Crippen LogP contribution in [0.4, 0.5) is 0 Å². The predicted octanol–water partition coefficient (Wildman–Crippen LogP) is 3.16. The van der Waals surface area contributed by atoms with Gasteiger partial charge < -0.3 is 0 Å². The van der Waals surface area contributed by atoms with Gasteiger partial charge in [0.05, 0.1) is 0 Å². The Morgan fingerprint density at radius 2 is 1.62 bits per heavy atom. The van der Waals surface area contributed by atoms with Crippen molar-refractivity contribution in [3.8, 4) is 0 Å². The van der Waals surface area contributed by atoms with Crippen LogP contribution in [0.15, 0.2) is 25.3 Å². The second-order valence-corrected chi connectivity index (χ2v) is 6.63. The molecule has 0 aliphatic carbocycles. The molecule has 0 saturated heterocycles. The Hall–Kier alpha value is 1.11. The summed E-state index contributed by atoms with van der Waals surface area (Å²) in [6, 6.07) is 0. The topological polar surface area (TPSA) is 26.0 Å². The Balaban J connectivity index is 0. The van der Waals surface area contributed by atoms with Gasteiger partial charge in [0, 0.05) is 11.5 Å². The zero-order chi connectivity index (χ0) is 10.5. The third-order valence-corrected chi connectivity index (χ3v) is 5.35. The van der Waals surface area contributed by atoms with E-state index in [1.165, 1.54) is 9.47 Å². The average Bonchev–Trinajstić information content (AvgIpc) is 2.14. The van der Waals surface area contributed by atoms with Gasteiger partial charge in [-0.15, -0.1) is 13.2 Å². The van der Waals surface area contributed by atoms with Gasteiger partial charge in [0.15, 0.2) is 0 Å². The Labute approximate surface area is 108 Å². The molecule has 0 spiro atoms. The van der Waals surface area contributed by atoms with Gasteiger partial charge in [-0.3, -0.25) is 0 Å². The van der Waals surface area contributed by atoms with Crippen LogP contribution < -0.4 is 5.73 Å². The third kappa shape index (κ3) is 24.6. The maximum absolute atomic E-state index is 4.99. The molecule has 0 heterocycles. The van der Waals surface area contributed by atoms with Gasteiger partial charge in [-0.05, 0) is 0 Å². The zero-order valence-corrected chi connectivity index (χ0v) is 12.4. The Kier molecular flexibility index (Phi) is 19.8. The van der Waals surface area contributed by atoms with Crippen molar-refractivity contribution in [2.45, 2.75) is 0 Å². The number of rotatable bonds is 5. The van der Waals surface area contributed by atoms with E-state index in [2.05, 4.69) is 25.4 Å². The van der Waals surface area contributed by atoms with Crippen molar-refractivity contribution in [1.82, 2.24) is 0 Å². The summed E-state index contributed by atoms with van der Waals surface area (Å²) in [4.78, 5) is 0. The molecule has 1 nitrogen and oxygen atoms in total. The van der Waals surface area contributed by atoms with Crippen LogP contribution in [0.3, 0.4) is 0 Å². The van der Waals surface area contributed by atoms with E-state index in [4.69, 9.17) is 5.73 Å². The number of thiocarbonyl (C=S) groups is 1. The molecular weight excluding hydrogens is 322 g/mol. The summed E-state index contributed by atoms with van der Waals surface area (Å²) in [5, 5.41) is 0. The molecule has 0 saturated carbocycles. The average molecular weight is 334 g/mol. The van der Waals surface area contributed by atoms with Crippen LogP contribution in [0.5, 0.6) is 0 Å². The molecule has 0 bridgehead atoms. The first-order chi connectivity index (χ1) is 6.18. The SMILES string of the molecule is C=CCSSCC=C.NC(=S)[S][Mo]. The summed E-state index contributed by atoms with van der Waals surface area (Å²) >= 11 is 6.23. The van der Waals surface area contributed by atoms with Crippen LogP contribution in [0.25, 0.3) is 0 Å². The summed E-state index contributed by atoms with van der Waals surface area (Å²) in [7, 11) is 5.01. The van der Waals surface area contributed by atoms with Crippen molar-refractivity contribution in [3.63, 3.8) is 0 Å². The molecule has 0 atom stereocenters. The van der Waals surface area contributed by atoms with E-state index in [0.29, 0.717) is 4.32 Å². The molecule has 0 unspecified atom stereocenters. The minimum absolute atomic E-state index is 0.509. The molecule has 0 aromatic heterocycles. The minimum atomic E-state index is 0.509. The van der Waals surface area contributed by atoms with E-state index in [9.17, 15) is 0 Å². The molecule has 0 aromatic carbocycles. The zero-order valence-electron chi connectivity index (χ0n) is 7.10. The molecular formula is C7H12MoNS4. The monoisotopic (exact) mass is 336 g/mol. The molecule has 2 N–H and O–H groups in total. The molecule has 0 fully saturated rings. The fourth-order valence-electron chi connectivity index (χ4n) is 0.192. The van der Waals surface area contributed by atoms with E-state index < -0.39 is 0 Å². The molecule has 0 aliphatic rings. The Bertz CT molecular complexity index is 141. The van der Waals surface area contributed by atoms with Crippen molar-refractivity contribution in [3.05, 3.63) is 25.3 Å². The molecule has 0 rings (SSSR count). The van der Waals surface area contributed by atoms with Gasteiger partial charge in [-0.2, -0.15) is 0 Å². The fourth-order valence-corrected chi connectivity index (χ4v) is 1.73. The molecule has 0 radical (unpaired) electrons. The fraction of sp³-hybridized carbons (Fsp3) is 0.286. The second-order valence-electron chi connectivity index (χ2n) is 1.55. The molecule has 6 heteroatoms. The van der Waals surface area contributed by atoms with Crippen molar-refractivity contribution in [2.75, 3.05) is 11.5 Å². The Morgan fingerprint density at radius 3 is 1.77 bits per heavy atom. The first kappa shape index (κ1) is 16.5. The summed E-state index contributed by atoms with van der Waals surface area (Å²) in [6.45, 7) is 7.20. The third-order valence-electron chi connectivity index (χ3n) is 0.537. The van der Waals surface area contributed by atoms with Gasteiger partial charge in [0.1, 0.15) is 0 Å². The molecule has 0 amide bonds. The van der Waals surface area contributed by atoms with Gasteiger partial charge in [-0.25, -0.2) is 0 Å². The summed E-state index contributed by atoms with van der Waals surface area (Å²) < 4.78 is 0.509. The van der Waals surface area contributed by atoms with E-state index >= 15 is 0 Å². The predicted molar refractivity (Wildman–Crippen MR) is 69.7 cm³/mol. The summed E-state index contributed by atoms with van der Waals surface area (Å²) in [5.74, 6) is 2.05. The standard InChI is InChI=1S/C6H10S2.CH3NS2.Mo/c1-3-5-7-8-6-4-2;2-1(3)4;/h3-4H,1-2,5-6H2;(H3,2,3,4);/q;;+1/p-1. The van der Waals surface area contributed by atoms with Gasteiger partial charge in [0.25, 0.3) is 0 Å². The molecule has 75 valence electrons. The molecule has 13 heavy (non-hydrogen) atoms. The van der Waals surface area contributed by atoms with Crippen LogP contribution in [-0.2, 0) is 18.5 Å². The van der Waals surface area contributed by atoms with E-state index in [1.807, 2.05) is 12.2 Å². The van der Waals surface area contributed by atoms with Gasteiger partial charge in [-0.1, -0.05) is 33.7 Å². The molecule has 0 aromatic rings.